The molecule has 0 radical (unpaired) electrons. The summed E-state index contributed by atoms with van der Waals surface area (Å²) in [6.07, 6.45) is 4.65. The van der Waals surface area contributed by atoms with Gasteiger partial charge in [0.1, 0.15) is 16.2 Å². The van der Waals surface area contributed by atoms with E-state index < -0.39 is 17.9 Å². The molecule has 0 bridgehead atoms. The van der Waals surface area contributed by atoms with Crippen molar-refractivity contribution in [2.24, 2.45) is 5.73 Å². The minimum atomic E-state index is -1.20. The van der Waals surface area contributed by atoms with Crippen molar-refractivity contribution in [3.8, 4) is 0 Å². The Hall–Kier alpha value is -3.48. The van der Waals surface area contributed by atoms with E-state index in [4.69, 9.17) is 10.7 Å². The first-order valence-corrected chi connectivity index (χ1v) is 13.1. The van der Waals surface area contributed by atoms with Gasteiger partial charge in [-0.05, 0) is 40.5 Å². The SMILES string of the molecule is CN(C)C(=O)C(c1nc2cc(Br)sc2c(=O)n1Cc1ccccc1)N(CCCN)C(=O)c1cnccn1. The summed E-state index contributed by atoms with van der Waals surface area (Å²) in [6, 6.07) is 9.97. The number of carbonyl (C=O) groups is 2. The molecule has 0 fully saturated rings. The van der Waals surface area contributed by atoms with E-state index in [0.29, 0.717) is 23.2 Å². The first-order chi connectivity index (χ1) is 17.8. The molecule has 3 aromatic heterocycles. The van der Waals surface area contributed by atoms with Gasteiger partial charge in [0.15, 0.2) is 6.04 Å². The number of hydrogen-bond donors (Lipinski definition) is 1. The van der Waals surface area contributed by atoms with Crippen LogP contribution in [0.1, 0.15) is 34.3 Å². The zero-order chi connectivity index (χ0) is 26.5. The number of amides is 2. The number of nitrogens with two attached hydrogens (primary N) is 1. The van der Waals surface area contributed by atoms with E-state index in [9.17, 15) is 14.4 Å². The molecule has 4 rings (SSSR count). The molecule has 3 heterocycles. The van der Waals surface area contributed by atoms with Gasteiger partial charge in [0.25, 0.3) is 17.4 Å². The average Bonchev–Trinajstić information content (AvgIpc) is 3.29. The lowest BCUT2D eigenvalue weighted by Gasteiger charge is -2.33. The number of nitrogens with zero attached hydrogens (tertiary/aromatic N) is 6. The van der Waals surface area contributed by atoms with Crippen molar-refractivity contribution in [3.05, 3.63) is 86.2 Å². The topological polar surface area (TPSA) is 127 Å². The van der Waals surface area contributed by atoms with Crippen molar-refractivity contribution in [1.29, 1.82) is 0 Å². The first-order valence-electron chi connectivity index (χ1n) is 11.5. The number of hydrogen-bond acceptors (Lipinski definition) is 8. The molecule has 0 saturated heterocycles. The zero-order valence-electron chi connectivity index (χ0n) is 20.4. The maximum atomic E-state index is 13.8. The molecule has 2 amide bonds. The Balaban J connectivity index is 1.97. The molecule has 37 heavy (non-hydrogen) atoms. The van der Waals surface area contributed by atoms with E-state index in [-0.39, 0.29) is 30.2 Å². The Morgan fingerprint density at radius 1 is 1.19 bits per heavy atom. The lowest BCUT2D eigenvalue weighted by Crippen LogP contribution is -2.47. The van der Waals surface area contributed by atoms with Crippen LogP contribution in [0.25, 0.3) is 10.2 Å². The van der Waals surface area contributed by atoms with E-state index in [1.807, 2.05) is 30.3 Å². The van der Waals surface area contributed by atoms with E-state index >= 15 is 0 Å². The van der Waals surface area contributed by atoms with Crippen LogP contribution in [0, 0.1) is 0 Å². The Morgan fingerprint density at radius 3 is 2.59 bits per heavy atom. The summed E-state index contributed by atoms with van der Waals surface area (Å²) in [5, 5.41) is 0. The van der Waals surface area contributed by atoms with E-state index in [1.165, 1.54) is 44.3 Å². The molecule has 1 unspecified atom stereocenters. The standard InChI is InChI=1S/C25H26BrN7O3S/c1-31(2)24(35)20(32(12-6-9-27)23(34)18-14-28-10-11-29-18)22-30-17-13-19(26)37-21(17)25(36)33(22)15-16-7-4-3-5-8-16/h3-5,7-8,10-11,13-14,20H,6,9,12,15,27H2,1-2H3. The van der Waals surface area contributed by atoms with Gasteiger partial charge in [0.2, 0.25) is 0 Å². The van der Waals surface area contributed by atoms with Crippen molar-refractivity contribution in [2.45, 2.75) is 19.0 Å². The number of thiophene rings is 1. The van der Waals surface area contributed by atoms with Crippen LogP contribution in [0.4, 0.5) is 0 Å². The summed E-state index contributed by atoms with van der Waals surface area (Å²) in [6.45, 7) is 0.630. The van der Waals surface area contributed by atoms with Gasteiger partial charge in [0.05, 0.1) is 22.0 Å². The highest BCUT2D eigenvalue weighted by molar-refractivity contribution is 9.11. The Kier molecular flexibility index (Phi) is 8.41. The highest BCUT2D eigenvalue weighted by Crippen LogP contribution is 2.30. The monoisotopic (exact) mass is 583 g/mol. The summed E-state index contributed by atoms with van der Waals surface area (Å²) in [7, 11) is 3.20. The van der Waals surface area contributed by atoms with Crippen LogP contribution in [0.5, 0.6) is 0 Å². The highest BCUT2D eigenvalue weighted by atomic mass is 79.9. The third kappa shape index (κ3) is 5.76. The van der Waals surface area contributed by atoms with Gasteiger partial charge in [-0.15, -0.1) is 11.3 Å². The number of halogens is 1. The summed E-state index contributed by atoms with van der Waals surface area (Å²) in [5.74, 6) is -0.745. The smallest absolute Gasteiger partial charge is 0.275 e. The van der Waals surface area contributed by atoms with Crippen LogP contribution in [-0.4, -0.2) is 68.3 Å². The largest absolute Gasteiger partial charge is 0.347 e. The number of carbonyl (C=O) groups excluding carboxylic acids is 2. The molecule has 2 N–H and O–H groups in total. The van der Waals surface area contributed by atoms with Gasteiger partial charge >= 0.3 is 0 Å². The van der Waals surface area contributed by atoms with E-state index in [2.05, 4.69) is 25.9 Å². The fraction of sp³-hybridized carbons (Fsp3) is 0.280. The Morgan fingerprint density at radius 2 is 1.95 bits per heavy atom. The van der Waals surface area contributed by atoms with Gasteiger partial charge in [0, 0.05) is 33.0 Å². The molecule has 12 heteroatoms. The number of likely N-dealkylation sites (N-methyl/N-ethyl adjacent to an activating group) is 1. The lowest BCUT2D eigenvalue weighted by molar-refractivity contribution is -0.134. The van der Waals surface area contributed by atoms with Crippen LogP contribution in [0.2, 0.25) is 0 Å². The second-order valence-electron chi connectivity index (χ2n) is 8.48. The molecular weight excluding hydrogens is 558 g/mol. The van der Waals surface area contributed by atoms with Crippen LogP contribution >= 0.6 is 27.3 Å². The maximum absolute atomic E-state index is 13.8. The highest BCUT2D eigenvalue weighted by Gasteiger charge is 2.37. The molecule has 0 aliphatic rings. The molecule has 4 aromatic rings. The Labute approximate surface area is 225 Å². The summed E-state index contributed by atoms with van der Waals surface area (Å²) in [5.41, 5.74) is 6.88. The summed E-state index contributed by atoms with van der Waals surface area (Å²) >= 11 is 4.72. The minimum absolute atomic E-state index is 0.0763. The van der Waals surface area contributed by atoms with E-state index in [0.717, 1.165) is 9.35 Å². The first kappa shape index (κ1) is 26.6. The molecule has 192 valence electrons. The molecule has 0 aliphatic carbocycles. The maximum Gasteiger partial charge on any atom is 0.275 e. The molecule has 0 aliphatic heterocycles. The second kappa shape index (κ2) is 11.7. The third-order valence-electron chi connectivity index (χ3n) is 5.69. The average molecular weight is 585 g/mol. The summed E-state index contributed by atoms with van der Waals surface area (Å²) < 4.78 is 2.67. The van der Waals surface area contributed by atoms with Crippen LogP contribution < -0.4 is 11.3 Å². The molecule has 1 aromatic carbocycles. The normalized spacial score (nSPS) is 11.9. The molecule has 1 atom stereocenters. The van der Waals surface area contributed by atoms with Gasteiger partial charge in [-0.2, -0.15) is 0 Å². The summed E-state index contributed by atoms with van der Waals surface area (Å²) in [4.78, 5) is 57.0. The fourth-order valence-electron chi connectivity index (χ4n) is 3.92. The van der Waals surface area contributed by atoms with E-state index in [1.54, 1.807) is 20.2 Å². The van der Waals surface area contributed by atoms with Gasteiger partial charge in [-0.3, -0.25) is 23.9 Å². The van der Waals surface area contributed by atoms with Crippen molar-refractivity contribution < 1.29 is 9.59 Å². The van der Waals surface area contributed by atoms with Gasteiger partial charge in [-0.1, -0.05) is 30.3 Å². The predicted octanol–water partition coefficient (Wildman–Crippen LogP) is 2.68. The fourth-order valence-corrected chi connectivity index (χ4v) is 5.40. The lowest BCUT2D eigenvalue weighted by atomic mass is 10.1. The second-order valence-corrected chi connectivity index (χ2v) is 10.9. The van der Waals surface area contributed by atoms with Gasteiger partial charge < -0.3 is 15.5 Å². The molecule has 0 saturated carbocycles. The minimum Gasteiger partial charge on any atom is -0.347 e. The molecule has 0 spiro atoms. The van der Waals surface area contributed by atoms with Crippen molar-refractivity contribution in [3.63, 3.8) is 0 Å². The van der Waals surface area contributed by atoms with Crippen LogP contribution in [0.3, 0.4) is 0 Å². The predicted molar refractivity (Wildman–Crippen MR) is 145 cm³/mol. The Bertz CT molecular complexity index is 1460. The quantitative estimate of drug-likeness (QED) is 0.321. The molecule has 10 nitrogen and oxygen atoms in total. The van der Waals surface area contributed by atoms with Gasteiger partial charge in [-0.25, -0.2) is 9.97 Å². The van der Waals surface area contributed by atoms with Crippen molar-refractivity contribution >= 4 is 49.3 Å². The zero-order valence-corrected chi connectivity index (χ0v) is 22.8. The number of rotatable bonds is 9. The van der Waals surface area contributed by atoms with Crippen molar-refractivity contribution in [1.82, 2.24) is 29.3 Å². The number of benzene rings is 1. The number of fused-ring (bicyclic) bond motifs is 1. The van der Waals surface area contributed by atoms with Crippen LogP contribution in [0.15, 0.2) is 63.6 Å². The molecular formula is C25H26BrN7O3S. The number of aromatic nitrogens is 4. The van der Waals surface area contributed by atoms with Crippen LogP contribution in [-0.2, 0) is 11.3 Å². The van der Waals surface area contributed by atoms with Crippen molar-refractivity contribution in [2.75, 3.05) is 27.2 Å². The third-order valence-corrected chi connectivity index (χ3v) is 7.31.